The van der Waals surface area contributed by atoms with Gasteiger partial charge in [-0.05, 0) is 11.1 Å². The lowest BCUT2D eigenvalue weighted by atomic mass is 9.98. The van der Waals surface area contributed by atoms with E-state index < -0.39 is 80.6 Å². The second-order valence-electron chi connectivity index (χ2n) is 10.4. The molecule has 0 spiro atoms. The second kappa shape index (κ2) is 15.2. The van der Waals surface area contributed by atoms with Gasteiger partial charge in [-0.15, -0.1) is 15.0 Å². The maximum absolute atomic E-state index is 10.6. The van der Waals surface area contributed by atoms with Crippen molar-refractivity contribution in [3.05, 3.63) is 71.8 Å². The van der Waals surface area contributed by atoms with Crippen LogP contribution in [0.2, 0.25) is 0 Å². The standard InChI is InChI=1S/C29H35N3O13/c33-11-17-19(34)21(36)23(38)25(43-17)40-14-18-20(35)22(37)24(39)26(44-18)45-29-31-27(41-12-15-7-3-1-4-8-15)30-28(32-29)42-13-16-9-5-2-6-10-16/h1-10,17-26,33-39H,11-14H2/t17-,18-,19+,20-,21+,22+,23-,24-,25+,26+/m1/s1. The monoisotopic (exact) mass is 633 g/mol. The summed E-state index contributed by atoms with van der Waals surface area (Å²) in [7, 11) is 0. The van der Waals surface area contributed by atoms with E-state index in [9.17, 15) is 35.7 Å². The van der Waals surface area contributed by atoms with Crippen molar-refractivity contribution in [1.29, 1.82) is 0 Å². The summed E-state index contributed by atoms with van der Waals surface area (Å²) in [5, 5.41) is 71.3. The predicted molar refractivity (Wildman–Crippen MR) is 148 cm³/mol. The van der Waals surface area contributed by atoms with Crippen molar-refractivity contribution >= 4 is 0 Å². The third-order valence-corrected chi connectivity index (χ3v) is 7.16. The number of aliphatic hydroxyl groups excluding tert-OH is 7. The van der Waals surface area contributed by atoms with Crippen molar-refractivity contribution in [3.8, 4) is 18.0 Å². The van der Waals surface area contributed by atoms with Gasteiger partial charge in [0.1, 0.15) is 62.0 Å². The SMILES string of the molecule is OC[C@H]1O[C@H](OC[C@H]2O[C@@H](Oc3nc(OCc4ccccc4)nc(OCc4ccccc4)n3)[C@H](O)[C@@H](O)[C@@H]2O)[C@H](O)[C@@H](O)[C@H]1O. The Morgan fingerprint density at radius 1 is 0.556 bits per heavy atom. The van der Waals surface area contributed by atoms with E-state index in [1.54, 1.807) is 0 Å². The van der Waals surface area contributed by atoms with Crippen molar-refractivity contribution in [2.45, 2.75) is 74.6 Å². The molecule has 0 unspecified atom stereocenters. The molecule has 2 fully saturated rings. The van der Waals surface area contributed by atoms with Crippen LogP contribution in [0.25, 0.3) is 0 Å². The lowest BCUT2D eigenvalue weighted by Crippen LogP contribution is -2.62. The smallest absolute Gasteiger partial charge is 0.328 e. The Labute approximate surface area is 257 Å². The first-order chi connectivity index (χ1) is 21.7. The summed E-state index contributed by atoms with van der Waals surface area (Å²) >= 11 is 0. The molecule has 3 heterocycles. The Morgan fingerprint density at radius 2 is 1.02 bits per heavy atom. The number of hydrogen-bond donors (Lipinski definition) is 7. The van der Waals surface area contributed by atoms with Crippen molar-refractivity contribution in [3.63, 3.8) is 0 Å². The fourth-order valence-corrected chi connectivity index (χ4v) is 4.60. The minimum Gasteiger partial charge on any atom is -0.458 e. The van der Waals surface area contributed by atoms with Gasteiger partial charge in [-0.2, -0.15) is 0 Å². The van der Waals surface area contributed by atoms with Crippen LogP contribution in [0.1, 0.15) is 11.1 Å². The van der Waals surface area contributed by atoms with Crippen LogP contribution in [0.4, 0.5) is 0 Å². The fourth-order valence-electron chi connectivity index (χ4n) is 4.60. The summed E-state index contributed by atoms with van der Waals surface area (Å²) in [6.07, 6.45) is -16.0. The van der Waals surface area contributed by atoms with Crippen LogP contribution < -0.4 is 14.2 Å². The van der Waals surface area contributed by atoms with E-state index in [1.807, 2.05) is 60.7 Å². The van der Waals surface area contributed by atoms with Gasteiger partial charge in [-0.25, -0.2) is 0 Å². The molecular formula is C29H35N3O13. The van der Waals surface area contributed by atoms with E-state index in [4.69, 9.17) is 28.4 Å². The molecule has 45 heavy (non-hydrogen) atoms. The predicted octanol–water partition coefficient (Wildman–Crippen LogP) is -1.97. The summed E-state index contributed by atoms with van der Waals surface area (Å²) in [6, 6.07) is 17.7. The van der Waals surface area contributed by atoms with Crippen LogP contribution in [0, 0.1) is 0 Å². The molecule has 3 aromatic rings. The molecule has 0 radical (unpaired) electrons. The van der Waals surface area contributed by atoms with Gasteiger partial charge in [0.05, 0.1) is 13.2 Å². The first-order valence-corrected chi connectivity index (χ1v) is 14.1. The Kier molecular flexibility index (Phi) is 11.1. The fraction of sp³-hybridized carbons (Fsp3) is 0.483. The highest BCUT2D eigenvalue weighted by Gasteiger charge is 2.48. The number of rotatable bonds is 12. The zero-order chi connectivity index (χ0) is 31.9. The van der Waals surface area contributed by atoms with Crippen LogP contribution in [-0.2, 0) is 27.4 Å². The molecule has 5 rings (SSSR count). The topological polar surface area (TPSA) is 236 Å². The Balaban J connectivity index is 1.29. The summed E-state index contributed by atoms with van der Waals surface area (Å²) in [4.78, 5) is 12.4. The number of ether oxygens (including phenoxy) is 6. The van der Waals surface area contributed by atoms with Gasteiger partial charge in [0.15, 0.2) is 6.29 Å². The van der Waals surface area contributed by atoms with Crippen LogP contribution in [0.5, 0.6) is 18.0 Å². The lowest BCUT2D eigenvalue weighted by Gasteiger charge is -2.42. The highest BCUT2D eigenvalue weighted by atomic mass is 16.7. The van der Waals surface area contributed by atoms with E-state index in [0.717, 1.165) is 11.1 Å². The highest BCUT2D eigenvalue weighted by molar-refractivity contribution is 5.17. The maximum Gasteiger partial charge on any atom is 0.328 e. The molecule has 16 nitrogen and oxygen atoms in total. The van der Waals surface area contributed by atoms with Crippen molar-refractivity contribution in [2.24, 2.45) is 0 Å². The molecule has 10 atom stereocenters. The van der Waals surface area contributed by atoms with Crippen molar-refractivity contribution in [2.75, 3.05) is 13.2 Å². The zero-order valence-electron chi connectivity index (χ0n) is 23.8. The quantitative estimate of drug-likeness (QED) is 0.115. The van der Waals surface area contributed by atoms with Crippen LogP contribution in [-0.4, -0.2) is 125 Å². The summed E-state index contributed by atoms with van der Waals surface area (Å²) in [5.74, 6) is 0. The van der Waals surface area contributed by atoms with E-state index >= 15 is 0 Å². The van der Waals surface area contributed by atoms with Gasteiger partial charge in [0, 0.05) is 0 Å². The van der Waals surface area contributed by atoms with E-state index in [2.05, 4.69) is 15.0 Å². The normalized spacial score (nSPS) is 31.7. The van der Waals surface area contributed by atoms with E-state index in [1.165, 1.54) is 0 Å². The number of benzene rings is 2. The Bertz CT molecular complexity index is 1280. The minimum atomic E-state index is -1.78. The van der Waals surface area contributed by atoms with Crippen LogP contribution in [0.15, 0.2) is 60.7 Å². The van der Waals surface area contributed by atoms with Gasteiger partial charge in [0.2, 0.25) is 6.29 Å². The zero-order valence-corrected chi connectivity index (χ0v) is 23.8. The number of nitrogens with zero attached hydrogens (tertiary/aromatic N) is 3. The minimum absolute atomic E-state index is 0.104. The molecule has 0 amide bonds. The van der Waals surface area contributed by atoms with Crippen molar-refractivity contribution in [1.82, 2.24) is 15.0 Å². The number of aliphatic hydroxyl groups is 7. The maximum atomic E-state index is 10.6. The van der Waals surface area contributed by atoms with Crippen molar-refractivity contribution < 1.29 is 64.2 Å². The van der Waals surface area contributed by atoms with Gasteiger partial charge in [-0.3, -0.25) is 0 Å². The van der Waals surface area contributed by atoms with Crippen LogP contribution >= 0.6 is 0 Å². The lowest BCUT2D eigenvalue weighted by molar-refractivity contribution is -0.323. The molecule has 2 aliphatic heterocycles. The molecule has 0 bridgehead atoms. The second-order valence-corrected chi connectivity index (χ2v) is 10.4. The number of hydrogen-bond acceptors (Lipinski definition) is 16. The molecule has 2 aromatic carbocycles. The molecule has 16 heteroatoms. The van der Waals surface area contributed by atoms with Gasteiger partial charge >= 0.3 is 18.0 Å². The molecule has 2 aliphatic rings. The van der Waals surface area contributed by atoms with Gasteiger partial charge in [-0.1, -0.05) is 60.7 Å². The molecular weight excluding hydrogens is 598 g/mol. The van der Waals surface area contributed by atoms with E-state index in [0.29, 0.717) is 0 Å². The molecule has 0 saturated carbocycles. The average Bonchev–Trinajstić information content (AvgIpc) is 3.06. The molecule has 2 saturated heterocycles. The van der Waals surface area contributed by atoms with Gasteiger partial charge < -0.3 is 64.2 Å². The summed E-state index contributed by atoms with van der Waals surface area (Å²) in [6.45, 7) is -1.00. The third-order valence-electron chi connectivity index (χ3n) is 7.16. The molecule has 244 valence electrons. The van der Waals surface area contributed by atoms with E-state index in [-0.39, 0.29) is 25.2 Å². The first kappa shape index (κ1) is 32.8. The summed E-state index contributed by atoms with van der Waals surface area (Å²) < 4.78 is 33.5. The third kappa shape index (κ3) is 8.19. The first-order valence-electron chi connectivity index (χ1n) is 14.1. The average molecular weight is 634 g/mol. The summed E-state index contributed by atoms with van der Waals surface area (Å²) in [5.41, 5.74) is 1.66. The molecule has 7 N–H and O–H groups in total. The molecule has 1 aromatic heterocycles. The highest BCUT2D eigenvalue weighted by Crippen LogP contribution is 2.27. The Hall–Kier alpha value is -3.55. The Morgan fingerprint density at radius 3 is 1.56 bits per heavy atom. The van der Waals surface area contributed by atoms with Crippen LogP contribution in [0.3, 0.4) is 0 Å². The van der Waals surface area contributed by atoms with Gasteiger partial charge in [0.25, 0.3) is 0 Å². The molecule has 0 aliphatic carbocycles. The largest absolute Gasteiger partial charge is 0.458 e. The number of aromatic nitrogens is 3.